The number of benzene rings is 2. The van der Waals surface area contributed by atoms with E-state index in [9.17, 15) is 9.59 Å². The number of rotatable bonds is 7. The number of amides is 1. The second kappa shape index (κ2) is 9.30. The molecule has 2 aromatic heterocycles. The lowest BCUT2D eigenvalue weighted by atomic mass is 9.80. The number of carbonyl (C=O) groups is 2. The van der Waals surface area contributed by atoms with Gasteiger partial charge in [-0.3, -0.25) is 4.79 Å². The SMILES string of the molecule is CC(OC(=O)c1ccccc1)c1nnc(C2CC(NC(=O)c3cc(-c4ccccc4)on3)C2)o1. The molecule has 1 amide bonds. The van der Waals surface area contributed by atoms with E-state index in [4.69, 9.17) is 13.7 Å². The molecule has 1 fully saturated rings. The Morgan fingerprint density at radius 3 is 2.47 bits per heavy atom. The van der Waals surface area contributed by atoms with Crippen molar-refractivity contribution in [1.29, 1.82) is 0 Å². The molecule has 1 unspecified atom stereocenters. The third kappa shape index (κ3) is 4.59. The van der Waals surface area contributed by atoms with Gasteiger partial charge in [0.15, 0.2) is 17.6 Å². The molecule has 9 heteroatoms. The van der Waals surface area contributed by atoms with Crippen LogP contribution in [0, 0.1) is 0 Å². The lowest BCUT2D eigenvalue weighted by molar-refractivity contribution is 0.0274. The zero-order valence-corrected chi connectivity index (χ0v) is 18.4. The summed E-state index contributed by atoms with van der Waals surface area (Å²) in [6, 6.07) is 19.8. The highest BCUT2D eigenvalue weighted by molar-refractivity contribution is 5.93. The third-order valence-electron chi connectivity index (χ3n) is 5.72. The van der Waals surface area contributed by atoms with Crippen molar-refractivity contribution in [3.8, 4) is 11.3 Å². The van der Waals surface area contributed by atoms with E-state index in [1.54, 1.807) is 37.3 Å². The number of hydrogen-bond acceptors (Lipinski definition) is 8. The van der Waals surface area contributed by atoms with Crippen LogP contribution >= 0.6 is 0 Å². The molecule has 172 valence electrons. The van der Waals surface area contributed by atoms with Gasteiger partial charge in [0.25, 0.3) is 11.8 Å². The smallest absolute Gasteiger partial charge is 0.338 e. The zero-order valence-electron chi connectivity index (χ0n) is 18.4. The second-order valence-electron chi connectivity index (χ2n) is 8.17. The molecule has 9 nitrogen and oxygen atoms in total. The summed E-state index contributed by atoms with van der Waals surface area (Å²) in [5, 5.41) is 15.0. The first-order chi connectivity index (χ1) is 16.6. The molecule has 1 aliphatic rings. The molecular formula is C25H22N4O5. The summed E-state index contributed by atoms with van der Waals surface area (Å²) in [6.45, 7) is 1.68. The number of aromatic nitrogens is 3. The molecule has 34 heavy (non-hydrogen) atoms. The van der Waals surface area contributed by atoms with Gasteiger partial charge in [-0.2, -0.15) is 0 Å². The maximum atomic E-state index is 12.5. The first kappa shape index (κ1) is 21.6. The molecule has 2 heterocycles. The lowest BCUT2D eigenvalue weighted by Crippen LogP contribution is -2.43. The summed E-state index contributed by atoms with van der Waals surface area (Å²) in [7, 11) is 0. The minimum absolute atomic E-state index is 0.0285. The second-order valence-corrected chi connectivity index (χ2v) is 8.17. The highest BCUT2D eigenvalue weighted by Crippen LogP contribution is 2.37. The van der Waals surface area contributed by atoms with Crippen LogP contribution < -0.4 is 5.32 Å². The Kier molecular flexibility index (Phi) is 5.90. The maximum absolute atomic E-state index is 12.5. The number of ether oxygens (including phenoxy) is 1. The van der Waals surface area contributed by atoms with E-state index in [2.05, 4.69) is 20.7 Å². The Bertz CT molecular complexity index is 1280. The molecular weight excluding hydrogens is 436 g/mol. The van der Waals surface area contributed by atoms with Crippen LogP contribution in [0.15, 0.2) is 75.7 Å². The van der Waals surface area contributed by atoms with Gasteiger partial charge >= 0.3 is 5.97 Å². The Morgan fingerprint density at radius 2 is 1.74 bits per heavy atom. The Hall–Kier alpha value is -4.27. The van der Waals surface area contributed by atoms with Crippen molar-refractivity contribution < 1.29 is 23.3 Å². The number of carbonyl (C=O) groups excluding carboxylic acids is 2. The van der Waals surface area contributed by atoms with Crippen LogP contribution in [0.3, 0.4) is 0 Å². The van der Waals surface area contributed by atoms with Gasteiger partial charge in [0.2, 0.25) is 5.89 Å². The van der Waals surface area contributed by atoms with Gasteiger partial charge in [-0.05, 0) is 31.9 Å². The van der Waals surface area contributed by atoms with Gasteiger partial charge in [0.05, 0.1) is 5.56 Å². The van der Waals surface area contributed by atoms with Crippen molar-refractivity contribution >= 4 is 11.9 Å². The predicted octanol–water partition coefficient (Wildman–Crippen LogP) is 4.32. The summed E-state index contributed by atoms with van der Waals surface area (Å²) >= 11 is 0. The zero-order chi connectivity index (χ0) is 23.5. The van der Waals surface area contributed by atoms with Crippen LogP contribution in [-0.2, 0) is 4.74 Å². The lowest BCUT2D eigenvalue weighted by Gasteiger charge is -2.33. The molecule has 0 spiro atoms. The Morgan fingerprint density at radius 1 is 1.03 bits per heavy atom. The van der Waals surface area contributed by atoms with E-state index in [0.717, 1.165) is 5.56 Å². The van der Waals surface area contributed by atoms with E-state index in [-0.39, 0.29) is 29.5 Å². The highest BCUT2D eigenvalue weighted by atomic mass is 16.6. The Labute approximate surface area is 195 Å². The summed E-state index contributed by atoms with van der Waals surface area (Å²) in [5.41, 5.74) is 1.54. The van der Waals surface area contributed by atoms with Crippen LogP contribution in [0.2, 0.25) is 0 Å². The summed E-state index contributed by atoms with van der Waals surface area (Å²) in [6.07, 6.45) is 0.652. The van der Waals surface area contributed by atoms with Crippen molar-refractivity contribution in [1.82, 2.24) is 20.7 Å². The molecule has 0 radical (unpaired) electrons. The van der Waals surface area contributed by atoms with Crippen LogP contribution in [0.1, 0.15) is 64.4 Å². The molecule has 0 aliphatic heterocycles. The van der Waals surface area contributed by atoms with Crippen molar-refractivity contribution in [3.05, 3.63) is 89.8 Å². The van der Waals surface area contributed by atoms with Gasteiger partial charge in [0.1, 0.15) is 0 Å². The number of esters is 1. The van der Waals surface area contributed by atoms with E-state index in [1.807, 2.05) is 36.4 Å². The van der Waals surface area contributed by atoms with Gasteiger partial charge in [-0.15, -0.1) is 10.2 Å². The Balaban J connectivity index is 1.12. The molecule has 2 aromatic carbocycles. The molecule has 0 saturated heterocycles. The topological polar surface area (TPSA) is 120 Å². The average molecular weight is 458 g/mol. The summed E-state index contributed by atoms with van der Waals surface area (Å²) in [4.78, 5) is 24.7. The van der Waals surface area contributed by atoms with E-state index in [1.165, 1.54) is 0 Å². The van der Waals surface area contributed by atoms with E-state index in [0.29, 0.717) is 30.1 Å². The van der Waals surface area contributed by atoms with Crippen molar-refractivity contribution in [3.63, 3.8) is 0 Å². The molecule has 1 atom stereocenters. The van der Waals surface area contributed by atoms with Crippen LogP contribution in [0.25, 0.3) is 11.3 Å². The average Bonchev–Trinajstić information content (AvgIpc) is 3.52. The quantitative estimate of drug-likeness (QED) is 0.407. The molecule has 5 rings (SSSR count). The molecule has 0 bridgehead atoms. The summed E-state index contributed by atoms with van der Waals surface area (Å²) < 4.78 is 16.4. The minimum atomic E-state index is -0.671. The van der Waals surface area contributed by atoms with Crippen LogP contribution in [0.5, 0.6) is 0 Å². The fourth-order valence-corrected chi connectivity index (χ4v) is 3.75. The van der Waals surface area contributed by atoms with E-state index < -0.39 is 12.1 Å². The minimum Gasteiger partial charge on any atom is -0.449 e. The van der Waals surface area contributed by atoms with Gasteiger partial charge in [-0.25, -0.2) is 4.79 Å². The normalized spacial score (nSPS) is 18.0. The molecule has 4 aromatic rings. The number of nitrogens with zero attached hydrogens (tertiary/aromatic N) is 3. The van der Waals surface area contributed by atoms with Gasteiger partial charge < -0.3 is 19.0 Å². The predicted molar refractivity (Wildman–Crippen MR) is 120 cm³/mol. The van der Waals surface area contributed by atoms with Crippen molar-refractivity contribution in [2.45, 2.75) is 37.8 Å². The summed E-state index contributed by atoms with van der Waals surface area (Å²) in [5.74, 6) is 0.529. The first-order valence-corrected chi connectivity index (χ1v) is 11.0. The fourth-order valence-electron chi connectivity index (χ4n) is 3.75. The highest BCUT2D eigenvalue weighted by Gasteiger charge is 2.36. The maximum Gasteiger partial charge on any atom is 0.338 e. The van der Waals surface area contributed by atoms with Crippen LogP contribution in [-0.4, -0.2) is 33.3 Å². The van der Waals surface area contributed by atoms with Gasteiger partial charge in [-0.1, -0.05) is 53.7 Å². The van der Waals surface area contributed by atoms with Crippen molar-refractivity contribution in [2.24, 2.45) is 0 Å². The molecule has 1 aliphatic carbocycles. The fraction of sp³-hybridized carbons (Fsp3) is 0.240. The molecule has 1 saturated carbocycles. The van der Waals surface area contributed by atoms with E-state index >= 15 is 0 Å². The number of nitrogens with one attached hydrogen (secondary N) is 1. The standard InChI is InChI=1S/C25H22N4O5/c1-15(32-25(31)17-10-6-3-7-11-17)23-27-28-24(33-23)18-12-19(13-18)26-22(30)20-14-21(34-29-20)16-8-4-2-5-9-16/h2-11,14-15,18-19H,12-13H2,1H3,(H,26,30). The monoisotopic (exact) mass is 458 g/mol. The molecule has 1 N–H and O–H groups in total. The van der Waals surface area contributed by atoms with Crippen molar-refractivity contribution in [2.75, 3.05) is 0 Å². The first-order valence-electron chi connectivity index (χ1n) is 11.0. The largest absolute Gasteiger partial charge is 0.449 e. The third-order valence-corrected chi connectivity index (χ3v) is 5.72. The number of hydrogen-bond donors (Lipinski definition) is 1. The van der Waals surface area contributed by atoms with Crippen LogP contribution in [0.4, 0.5) is 0 Å². The van der Waals surface area contributed by atoms with Gasteiger partial charge in [0, 0.05) is 23.6 Å².